The van der Waals surface area contributed by atoms with Crippen LogP contribution in [0.1, 0.15) is 24.0 Å². The summed E-state index contributed by atoms with van der Waals surface area (Å²) >= 11 is 11.9. The van der Waals surface area contributed by atoms with Crippen LogP contribution < -0.4 is 5.32 Å². The van der Waals surface area contributed by atoms with Gasteiger partial charge in [-0.2, -0.15) is 0 Å². The molecule has 2 rings (SSSR count). The number of aryl methyl sites for hydroxylation is 1. The molecule has 0 heterocycles. The number of hydrogen-bond acceptors (Lipinski definition) is 2. The van der Waals surface area contributed by atoms with Crippen molar-refractivity contribution in [2.24, 2.45) is 0 Å². The van der Waals surface area contributed by atoms with Gasteiger partial charge in [-0.1, -0.05) is 59.6 Å². The second kappa shape index (κ2) is 9.67. The number of aliphatic carboxylic acids is 1. The third-order valence-corrected chi connectivity index (χ3v) is 4.59. The molecular weight excluding hydrogens is 345 g/mol. The Hall–Kier alpha value is -1.55. The summed E-state index contributed by atoms with van der Waals surface area (Å²) in [5, 5.41) is 13.6. The van der Waals surface area contributed by atoms with E-state index in [1.165, 1.54) is 0 Å². The highest BCUT2D eigenvalue weighted by Gasteiger charge is 2.16. The molecule has 5 heteroatoms. The summed E-state index contributed by atoms with van der Waals surface area (Å²) in [7, 11) is 0. The average molecular weight is 366 g/mol. The number of carboxylic acid groups (broad SMARTS) is 1. The van der Waals surface area contributed by atoms with Gasteiger partial charge in [0.05, 0.1) is 10.0 Å². The third kappa shape index (κ3) is 6.16. The van der Waals surface area contributed by atoms with Crippen LogP contribution in [0.15, 0.2) is 48.5 Å². The number of carboxylic acids is 1. The lowest BCUT2D eigenvalue weighted by atomic mass is 10.1. The molecule has 0 radical (unpaired) electrons. The number of benzene rings is 2. The molecule has 0 aliphatic heterocycles. The van der Waals surface area contributed by atoms with Gasteiger partial charge in [0.15, 0.2) is 0 Å². The van der Waals surface area contributed by atoms with Crippen LogP contribution in [0.25, 0.3) is 0 Å². The first-order chi connectivity index (χ1) is 11.6. The zero-order chi connectivity index (χ0) is 17.4. The molecule has 128 valence electrons. The highest BCUT2D eigenvalue weighted by atomic mass is 35.5. The Kier molecular flexibility index (Phi) is 7.57. The van der Waals surface area contributed by atoms with Gasteiger partial charge >= 0.3 is 5.97 Å². The van der Waals surface area contributed by atoms with E-state index >= 15 is 0 Å². The molecule has 2 aromatic carbocycles. The molecule has 0 unspecified atom stereocenters. The second-order valence-electron chi connectivity index (χ2n) is 5.74. The summed E-state index contributed by atoms with van der Waals surface area (Å²) < 4.78 is 0. The summed E-state index contributed by atoms with van der Waals surface area (Å²) in [5.41, 5.74) is 2.16. The molecule has 0 amide bonds. The predicted molar refractivity (Wildman–Crippen MR) is 99.0 cm³/mol. The molecule has 1 atom stereocenters. The van der Waals surface area contributed by atoms with Crippen LogP contribution in [-0.2, 0) is 17.6 Å². The van der Waals surface area contributed by atoms with E-state index in [4.69, 9.17) is 23.2 Å². The van der Waals surface area contributed by atoms with Crippen molar-refractivity contribution in [2.45, 2.75) is 31.7 Å². The molecule has 2 aromatic rings. The topological polar surface area (TPSA) is 49.3 Å². The van der Waals surface area contributed by atoms with Crippen molar-refractivity contribution in [3.05, 3.63) is 69.7 Å². The van der Waals surface area contributed by atoms with Crippen molar-refractivity contribution >= 4 is 29.2 Å². The normalized spacial score (nSPS) is 12.1. The lowest BCUT2D eigenvalue weighted by molar-refractivity contribution is -0.139. The molecule has 0 spiro atoms. The number of carbonyl (C=O) groups is 1. The number of rotatable bonds is 9. The quantitative estimate of drug-likeness (QED) is 0.638. The van der Waals surface area contributed by atoms with Gasteiger partial charge < -0.3 is 10.4 Å². The second-order valence-corrected chi connectivity index (χ2v) is 6.55. The SMILES string of the molecule is O=C(O)[C@@H](Cc1ccccc1)NCCCCc1ccc(Cl)c(Cl)c1. The summed E-state index contributed by atoms with van der Waals surface area (Å²) in [6.07, 6.45) is 3.25. The lowest BCUT2D eigenvalue weighted by Crippen LogP contribution is -2.39. The van der Waals surface area contributed by atoms with Crippen molar-refractivity contribution in [1.82, 2.24) is 5.32 Å². The minimum absolute atomic E-state index is 0.489. The van der Waals surface area contributed by atoms with Crippen molar-refractivity contribution in [3.8, 4) is 0 Å². The lowest BCUT2D eigenvalue weighted by Gasteiger charge is -2.14. The van der Waals surface area contributed by atoms with Crippen LogP contribution >= 0.6 is 23.2 Å². The highest BCUT2D eigenvalue weighted by molar-refractivity contribution is 6.42. The number of nitrogens with one attached hydrogen (secondary N) is 1. The molecule has 3 nitrogen and oxygen atoms in total. The fourth-order valence-electron chi connectivity index (χ4n) is 2.52. The minimum Gasteiger partial charge on any atom is -0.480 e. The fourth-order valence-corrected chi connectivity index (χ4v) is 2.84. The van der Waals surface area contributed by atoms with Crippen LogP contribution in [0.3, 0.4) is 0 Å². The maximum atomic E-state index is 11.4. The van der Waals surface area contributed by atoms with Gasteiger partial charge in [-0.05, 0) is 55.5 Å². The first-order valence-corrected chi connectivity index (χ1v) is 8.76. The average Bonchev–Trinajstić information content (AvgIpc) is 2.57. The Morgan fingerprint density at radius 3 is 2.42 bits per heavy atom. The molecule has 24 heavy (non-hydrogen) atoms. The summed E-state index contributed by atoms with van der Waals surface area (Å²) in [6, 6.07) is 14.8. The Bertz CT molecular complexity index is 662. The smallest absolute Gasteiger partial charge is 0.321 e. The molecule has 0 aliphatic rings. The summed E-state index contributed by atoms with van der Waals surface area (Å²) in [6.45, 7) is 0.672. The van der Waals surface area contributed by atoms with Crippen molar-refractivity contribution in [1.29, 1.82) is 0 Å². The Morgan fingerprint density at radius 2 is 1.75 bits per heavy atom. The van der Waals surface area contributed by atoms with E-state index in [1.807, 2.05) is 42.5 Å². The van der Waals surface area contributed by atoms with Gasteiger partial charge in [0.2, 0.25) is 0 Å². The van der Waals surface area contributed by atoms with Crippen molar-refractivity contribution in [2.75, 3.05) is 6.54 Å². The number of unbranched alkanes of at least 4 members (excludes halogenated alkanes) is 1. The Labute approximate surface area is 152 Å². The summed E-state index contributed by atoms with van der Waals surface area (Å²) in [4.78, 5) is 11.4. The van der Waals surface area contributed by atoms with E-state index in [-0.39, 0.29) is 0 Å². The van der Waals surface area contributed by atoms with Gasteiger partial charge in [-0.25, -0.2) is 0 Å². The van der Waals surface area contributed by atoms with Crippen molar-refractivity contribution < 1.29 is 9.90 Å². The Balaban J connectivity index is 1.72. The summed E-state index contributed by atoms with van der Waals surface area (Å²) in [5.74, 6) is -0.816. The van der Waals surface area contributed by atoms with E-state index in [0.717, 1.165) is 30.4 Å². The van der Waals surface area contributed by atoms with Crippen LogP contribution in [0, 0.1) is 0 Å². The van der Waals surface area contributed by atoms with Gasteiger partial charge in [-0.15, -0.1) is 0 Å². The van der Waals surface area contributed by atoms with E-state index < -0.39 is 12.0 Å². The molecule has 0 fully saturated rings. The molecule has 0 bridgehead atoms. The van der Waals surface area contributed by atoms with Crippen LogP contribution in [-0.4, -0.2) is 23.7 Å². The molecule has 0 aromatic heterocycles. The largest absolute Gasteiger partial charge is 0.480 e. The van der Waals surface area contributed by atoms with Gasteiger partial charge in [-0.3, -0.25) is 4.79 Å². The van der Waals surface area contributed by atoms with Gasteiger partial charge in [0.25, 0.3) is 0 Å². The number of halogens is 2. The van der Waals surface area contributed by atoms with E-state index in [9.17, 15) is 9.90 Å². The van der Waals surface area contributed by atoms with Crippen LogP contribution in [0.5, 0.6) is 0 Å². The molecular formula is C19H21Cl2NO2. The maximum Gasteiger partial charge on any atom is 0.321 e. The van der Waals surface area contributed by atoms with E-state index in [2.05, 4.69) is 5.32 Å². The maximum absolute atomic E-state index is 11.4. The van der Waals surface area contributed by atoms with Gasteiger partial charge in [0, 0.05) is 0 Å². The highest BCUT2D eigenvalue weighted by Crippen LogP contribution is 2.23. The van der Waals surface area contributed by atoms with Crippen LogP contribution in [0.4, 0.5) is 0 Å². The molecule has 0 aliphatic carbocycles. The fraction of sp³-hybridized carbons (Fsp3) is 0.316. The number of hydrogen-bond donors (Lipinski definition) is 2. The van der Waals surface area contributed by atoms with E-state index in [1.54, 1.807) is 6.07 Å². The van der Waals surface area contributed by atoms with Crippen LogP contribution in [0.2, 0.25) is 10.0 Å². The van der Waals surface area contributed by atoms with E-state index in [0.29, 0.717) is 23.0 Å². The zero-order valence-electron chi connectivity index (χ0n) is 13.3. The third-order valence-electron chi connectivity index (χ3n) is 3.85. The monoisotopic (exact) mass is 365 g/mol. The predicted octanol–water partition coefficient (Wildman–Crippen LogP) is 4.60. The van der Waals surface area contributed by atoms with Crippen molar-refractivity contribution in [3.63, 3.8) is 0 Å². The molecule has 2 N–H and O–H groups in total. The molecule has 0 saturated heterocycles. The zero-order valence-corrected chi connectivity index (χ0v) is 14.9. The minimum atomic E-state index is -0.816. The first kappa shape index (κ1) is 18.8. The molecule has 0 saturated carbocycles. The Morgan fingerprint density at radius 1 is 1.00 bits per heavy atom. The van der Waals surface area contributed by atoms with Gasteiger partial charge in [0.1, 0.15) is 6.04 Å². The first-order valence-electron chi connectivity index (χ1n) is 8.00. The standard InChI is InChI=1S/C19H21Cl2NO2/c20-16-10-9-15(12-17(16)21)8-4-5-11-22-18(19(23)24)13-14-6-2-1-3-7-14/h1-3,6-7,9-10,12,18,22H,4-5,8,11,13H2,(H,23,24)/t18-/m1/s1.